The second kappa shape index (κ2) is 6.62. The number of rotatable bonds is 2. The highest BCUT2D eigenvalue weighted by atomic mass is 16.2. The van der Waals surface area contributed by atoms with Crippen molar-refractivity contribution in [2.45, 2.75) is 44.9 Å². The maximum Gasteiger partial charge on any atom is 0.253 e. The number of imide groups is 1. The van der Waals surface area contributed by atoms with Crippen molar-refractivity contribution in [1.29, 1.82) is 0 Å². The SMILES string of the molecule is O=C(c1ccc(N2C(=O)[C@@H]3CCCC[C@H]3C2=O)cc1)N1CCCCC1. The molecule has 2 atom stereocenters. The summed E-state index contributed by atoms with van der Waals surface area (Å²) in [6, 6.07) is 6.97. The van der Waals surface area contributed by atoms with Crippen LogP contribution in [0.2, 0.25) is 0 Å². The minimum atomic E-state index is -0.143. The third kappa shape index (κ3) is 2.86. The van der Waals surface area contributed by atoms with Crippen LogP contribution >= 0.6 is 0 Å². The zero-order valence-electron chi connectivity index (χ0n) is 14.4. The van der Waals surface area contributed by atoms with E-state index in [-0.39, 0.29) is 29.6 Å². The number of amides is 3. The van der Waals surface area contributed by atoms with Crippen molar-refractivity contribution >= 4 is 23.4 Å². The van der Waals surface area contributed by atoms with Crippen LogP contribution < -0.4 is 4.90 Å². The molecule has 1 aromatic carbocycles. The topological polar surface area (TPSA) is 57.7 Å². The van der Waals surface area contributed by atoms with E-state index in [0.717, 1.165) is 51.6 Å². The summed E-state index contributed by atoms with van der Waals surface area (Å²) in [7, 11) is 0. The van der Waals surface area contributed by atoms with Gasteiger partial charge >= 0.3 is 0 Å². The number of likely N-dealkylation sites (tertiary alicyclic amines) is 1. The van der Waals surface area contributed by atoms with Crippen LogP contribution in [0.15, 0.2) is 24.3 Å². The van der Waals surface area contributed by atoms with Crippen molar-refractivity contribution in [2.75, 3.05) is 18.0 Å². The van der Waals surface area contributed by atoms with Gasteiger partial charge in [-0.25, -0.2) is 0 Å². The number of anilines is 1. The van der Waals surface area contributed by atoms with Gasteiger partial charge in [-0.1, -0.05) is 12.8 Å². The van der Waals surface area contributed by atoms with Crippen LogP contribution in [0.25, 0.3) is 0 Å². The van der Waals surface area contributed by atoms with Gasteiger partial charge in [-0.15, -0.1) is 0 Å². The molecule has 25 heavy (non-hydrogen) atoms. The van der Waals surface area contributed by atoms with E-state index in [1.807, 2.05) is 4.90 Å². The monoisotopic (exact) mass is 340 g/mol. The van der Waals surface area contributed by atoms with E-state index in [9.17, 15) is 14.4 Å². The van der Waals surface area contributed by atoms with Crippen molar-refractivity contribution in [3.63, 3.8) is 0 Å². The van der Waals surface area contributed by atoms with Crippen LogP contribution in [0.5, 0.6) is 0 Å². The number of hydrogen-bond donors (Lipinski definition) is 0. The minimum absolute atomic E-state index is 0.0407. The van der Waals surface area contributed by atoms with Crippen molar-refractivity contribution in [1.82, 2.24) is 4.90 Å². The molecular formula is C20H24N2O3. The first-order chi connectivity index (χ1) is 12.2. The number of fused-ring (bicyclic) bond motifs is 1. The van der Waals surface area contributed by atoms with E-state index in [2.05, 4.69) is 0 Å². The Morgan fingerprint density at radius 2 is 1.36 bits per heavy atom. The van der Waals surface area contributed by atoms with Gasteiger partial charge in [0.25, 0.3) is 5.91 Å². The predicted molar refractivity (Wildman–Crippen MR) is 94.1 cm³/mol. The Morgan fingerprint density at radius 3 is 1.92 bits per heavy atom. The third-order valence-corrected chi connectivity index (χ3v) is 5.86. The fraction of sp³-hybridized carbons (Fsp3) is 0.550. The molecule has 4 rings (SSSR count). The summed E-state index contributed by atoms with van der Waals surface area (Å²) >= 11 is 0. The molecule has 132 valence electrons. The average Bonchev–Trinajstić information content (AvgIpc) is 2.93. The molecule has 3 aliphatic rings. The van der Waals surface area contributed by atoms with E-state index < -0.39 is 0 Å². The number of hydrogen-bond acceptors (Lipinski definition) is 3. The smallest absolute Gasteiger partial charge is 0.253 e. The Balaban J connectivity index is 1.53. The van der Waals surface area contributed by atoms with E-state index >= 15 is 0 Å². The first-order valence-corrected chi connectivity index (χ1v) is 9.44. The summed E-state index contributed by atoms with van der Waals surface area (Å²) in [4.78, 5) is 41.1. The van der Waals surface area contributed by atoms with E-state index in [1.165, 1.54) is 11.3 Å². The van der Waals surface area contributed by atoms with Crippen LogP contribution in [-0.4, -0.2) is 35.7 Å². The van der Waals surface area contributed by atoms with Crippen LogP contribution in [0.3, 0.4) is 0 Å². The molecule has 1 aliphatic carbocycles. The van der Waals surface area contributed by atoms with Crippen molar-refractivity contribution in [2.24, 2.45) is 11.8 Å². The molecular weight excluding hydrogens is 316 g/mol. The number of benzene rings is 1. The molecule has 0 bridgehead atoms. The van der Waals surface area contributed by atoms with Crippen LogP contribution in [0, 0.1) is 11.8 Å². The molecule has 3 amide bonds. The standard InChI is InChI=1S/C20H24N2O3/c23-18(21-12-4-1-5-13-21)14-8-10-15(11-9-14)22-19(24)16-6-2-3-7-17(16)20(22)25/h8-11,16-17H,1-7,12-13H2/t16-,17-/m1/s1. The van der Waals surface area contributed by atoms with Gasteiger partial charge in [-0.05, 0) is 56.4 Å². The molecule has 1 aromatic rings. The van der Waals surface area contributed by atoms with Crippen molar-refractivity contribution in [3.8, 4) is 0 Å². The maximum absolute atomic E-state index is 12.6. The number of piperidine rings is 1. The predicted octanol–water partition coefficient (Wildman–Crippen LogP) is 2.99. The molecule has 5 nitrogen and oxygen atoms in total. The van der Waals surface area contributed by atoms with E-state index in [0.29, 0.717) is 11.3 Å². The average molecular weight is 340 g/mol. The van der Waals surface area contributed by atoms with Crippen LogP contribution in [-0.2, 0) is 9.59 Å². The van der Waals surface area contributed by atoms with E-state index in [1.54, 1.807) is 24.3 Å². The number of carbonyl (C=O) groups is 3. The normalized spacial score (nSPS) is 26.7. The Morgan fingerprint density at radius 1 is 0.800 bits per heavy atom. The second-order valence-corrected chi connectivity index (χ2v) is 7.41. The largest absolute Gasteiger partial charge is 0.339 e. The van der Waals surface area contributed by atoms with Gasteiger partial charge in [-0.2, -0.15) is 0 Å². The fourth-order valence-electron chi connectivity index (χ4n) is 4.45. The zero-order chi connectivity index (χ0) is 17.4. The van der Waals surface area contributed by atoms with Gasteiger partial charge in [0.05, 0.1) is 17.5 Å². The molecule has 0 N–H and O–H groups in total. The molecule has 3 fully saturated rings. The summed E-state index contributed by atoms with van der Waals surface area (Å²) in [5.74, 6) is -0.375. The minimum Gasteiger partial charge on any atom is -0.339 e. The Labute approximate surface area is 148 Å². The molecule has 2 heterocycles. The molecule has 1 saturated carbocycles. The fourth-order valence-corrected chi connectivity index (χ4v) is 4.45. The number of carbonyl (C=O) groups excluding carboxylic acids is 3. The molecule has 2 aliphatic heterocycles. The third-order valence-electron chi connectivity index (χ3n) is 5.86. The quantitative estimate of drug-likeness (QED) is 0.778. The summed E-state index contributed by atoms with van der Waals surface area (Å²) in [6.07, 6.45) is 6.99. The molecule has 0 spiro atoms. The zero-order valence-corrected chi connectivity index (χ0v) is 14.4. The molecule has 2 saturated heterocycles. The lowest BCUT2D eigenvalue weighted by Gasteiger charge is -2.26. The molecule has 0 radical (unpaired) electrons. The second-order valence-electron chi connectivity index (χ2n) is 7.41. The van der Waals surface area contributed by atoms with Gasteiger partial charge < -0.3 is 4.90 Å². The van der Waals surface area contributed by atoms with Gasteiger partial charge in [-0.3, -0.25) is 19.3 Å². The van der Waals surface area contributed by atoms with Gasteiger partial charge in [0, 0.05) is 18.7 Å². The highest BCUT2D eigenvalue weighted by Gasteiger charge is 2.48. The Hall–Kier alpha value is -2.17. The highest BCUT2D eigenvalue weighted by Crippen LogP contribution is 2.40. The lowest BCUT2D eigenvalue weighted by atomic mass is 9.81. The maximum atomic E-state index is 12.6. The Kier molecular flexibility index (Phi) is 4.32. The Bertz CT molecular complexity index is 667. The van der Waals surface area contributed by atoms with Crippen molar-refractivity contribution in [3.05, 3.63) is 29.8 Å². The first-order valence-electron chi connectivity index (χ1n) is 9.44. The molecule has 0 unspecified atom stereocenters. The summed E-state index contributed by atoms with van der Waals surface area (Å²) in [6.45, 7) is 1.63. The highest BCUT2D eigenvalue weighted by molar-refractivity contribution is 6.22. The van der Waals surface area contributed by atoms with Crippen molar-refractivity contribution < 1.29 is 14.4 Å². The summed E-state index contributed by atoms with van der Waals surface area (Å²) in [5, 5.41) is 0. The molecule has 5 heteroatoms. The van der Waals surface area contributed by atoms with Gasteiger partial charge in [0.1, 0.15) is 0 Å². The van der Waals surface area contributed by atoms with Crippen LogP contribution in [0.1, 0.15) is 55.3 Å². The summed E-state index contributed by atoms with van der Waals surface area (Å²) < 4.78 is 0. The van der Waals surface area contributed by atoms with Crippen LogP contribution in [0.4, 0.5) is 5.69 Å². The lowest BCUT2D eigenvalue weighted by molar-refractivity contribution is -0.122. The lowest BCUT2D eigenvalue weighted by Crippen LogP contribution is -2.35. The summed E-state index contributed by atoms with van der Waals surface area (Å²) in [5.41, 5.74) is 1.22. The first kappa shape index (κ1) is 16.3. The number of nitrogens with zero attached hydrogens (tertiary/aromatic N) is 2. The molecule has 0 aromatic heterocycles. The van der Waals surface area contributed by atoms with Gasteiger partial charge in [0.15, 0.2) is 0 Å². The van der Waals surface area contributed by atoms with Gasteiger partial charge in [0.2, 0.25) is 11.8 Å². The van der Waals surface area contributed by atoms with E-state index in [4.69, 9.17) is 0 Å².